The molecule has 8 heteroatoms. The zero-order chi connectivity index (χ0) is 24.4. The van der Waals surface area contributed by atoms with E-state index < -0.39 is 16.1 Å². The molecule has 1 atom stereocenters. The number of aromatic amines is 1. The number of sulfonamides is 1. The van der Waals surface area contributed by atoms with Crippen LogP contribution in [0.1, 0.15) is 18.9 Å². The minimum Gasteiger partial charge on any atom is -0.380 e. The summed E-state index contributed by atoms with van der Waals surface area (Å²) < 4.78 is 29.2. The zero-order valence-electron chi connectivity index (χ0n) is 18.9. The minimum absolute atomic E-state index is 0.142. The highest BCUT2D eigenvalue weighted by Gasteiger charge is 2.29. The summed E-state index contributed by atoms with van der Waals surface area (Å²) in [6.45, 7) is 1.85. The number of hydrogen-bond donors (Lipinski definition) is 2. The van der Waals surface area contributed by atoms with Crippen molar-refractivity contribution in [2.45, 2.75) is 24.3 Å². The van der Waals surface area contributed by atoms with Gasteiger partial charge >= 0.3 is 0 Å². The average molecular weight is 483 g/mol. The van der Waals surface area contributed by atoms with Gasteiger partial charge in [0, 0.05) is 28.0 Å². The standard InChI is InChI=1S/C27H22N4O3S/c1-2-22(32)11-8-19-9-12-26-24(16-19)27(30-18-29-26)31(35(33,34)23-6-4-3-5-7-23)21-10-13-25-20(17-21)14-15-28-25/h3-7,9-10,12-18,22,28,32H,2H2,1H3. The van der Waals surface area contributed by atoms with Gasteiger partial charge in [-0.15, -0.1) is 0 Å². The van der Waals surface area contributed by atoms with Crippen LogP contribution >= 0.6 is 0 Å². The van der Waals surface area contributed by atoms with Crippen molar-refractivity contribution in [1.29, 1.82) is 0 Å². The van der Waals surface area contributed by atoms with E-state index in [0.717, 1.165) is 10.9 Å². The number of fused-ring (bicyclic) bond motifs is 2. The van der Waals surface area contributed by atoms with Crippen LogP contribution in [-0.4, -0.2) is 34.6 Å². The lowest BCUT2D eigenvalue weighted by atomic mass is 10.1. The number of aromatic nitrogens is 3. The van der Waals surface area contributed by atoms with Crippen LogP contribution in [0.15, 0.2) is 90.2 Å². The fraction of sp³-hybridized carbons (Fsp3) is 0.111. The van der Waals surface area contributed by atoms with Crippen LogP contribution in [0.5, 0.6) is 0 Å². The summed E-state index contributed by atoms with van der Waals surface area (Å²) in [7, 11) is -4.04. The fourth-order valence-electron chi connectivity index (χ4n) is 3.79. The maximum absolute atomic E-state index is 14.0. The Balaban J connectivity index is 1.76. The molecule has 0 saturated heterocycles. The first kappa shape index (κ1) is 22.6. The number of rotatable bonds is 5. The van der Waals surface area contributed by atoms with Crippen LogP contribution in [0.2, 0.25) is 0 Å². The van der Waals surface area contributed by atoms with Gasteiger partial charge in [-0.1, -0.05) is 37.0 Å². The Hall–Kier alpha value is -4.19. The molecule has 0 aliphatic rings. The first-order valence-electron chi connectivity index (χ1n) is 11.1. The van der Waals surface area contributed by atoms with Gasteiger partial charge in [0.1, 0.15) is 12.4 Å². The first-order valence-corrected chi connectivity index (χ1v) is 12.5. The number of H-pyrrole nitrogens is 1. The van der Waals surface area contributed by atoms with Gasteiger partial charge < -0.3 is 10.1 Å². The van der Waals surface area contributed by atoms with E-state index in [1.807, 2.05) is 25.1 Å². The number of hydrogen-bond acceptors (Lipinski definition) is 5. The van der Waals surface area contributed by atoms with Crippen LogP contribution in [0.25, 0.3) is 21.8 Å². The highest BCUT2D eigenvalue weighted by Crippen LogP contribution is 2.36. The van der Waals surface area contributed by atoms with Crippen molar-refractivity contribution >= 4 is 43.3 Å². The largest absolute Gasteiger partial charge is 0.380 e. The predicted molar refractivity (Wildman–Crippen MR) is 137 cm³/mol. The third-order valence-electron chi connectivity index (χ3n) is 5.63. The molecule has 1 unspecified atom stereocenters. The maximum atomic E-state index is 14.0. The van der Waals surface area contributed by atoms with Gasteiger partial charge in [0.25, 0.3) is 10.0 Å². The molecule has 5 aromatic rings. The van der Waals surface area contributed by atoms with Crippen LogP contribution in [0.4, 0.5) is 11.5 Å². The summed E-state index contributed by atoms with van der Waals surface area (Å²) in [6, 6.07) is 20.8. The first-order chi connectivity index (χ1) is 17.0. The predicted octanol–water partition coefficient (Wildman–Crippen LogP) is 4.76. The summed E-state index contributed by atoms with van der Waals surface area (Å²) in [5, 5.41) is 11.2. The van der Waals surface area contributed by atoms with Gasteiger partial charge in [-0.05, 0) is 61.0 Å². The molecule has 2 heterocycles. The lowest BCUT2D eigenvalue weighted by molar-refractivity contribution is 0.228. The summed E-state index contributed by atoms with van der Waals surface area (Å²) in [5.41, 5.74) is 2.54. The van der Waals surface area contributed by atoms with E-state index in [4.69, 9.17) is 0 Å². The van der Waals surface area contributed by atoms with Crippen molar-refractivity contribution < 1.29 is 13.5 Å². The second kappa shape index (κ2) is 9.22. The summed E-state index contributed by atoms with van der Waals surface area (Å²) >= 11 is 0. The Bertz CT molecular complexity index is 1690. The van der Waals surface area contributed by atoms with E-state index in [0.29, 0.717) is 28.6 Å². The highest BCUT2D eigenvalue weighted by molar-refractivity contribution is 7.93. The third-order valence-corrected chi connectivity index (χ3v) is 7.36. The minimum atomic E-state index is -4.04. The molecular weight excluding hydrogens is 460 g/mol. The lowest BCUT2D eigenvalue weighted by Gasteiger charge is -2.24. The van der Waals surface area contributed by atoms with Crippen molar-refractivity contribution in [3.8, 4) is 11.8 Å². The molecule has 0 amide bonds. The number of anilines is 2. The van der Waals surface area contributed by atoms with E-state index >= 15 is 0 Å². The van der Waals surface area contributed by atoms with E-state index in [9.17, 15) is 13.5 Å². The molecule has 0 fully saturated rings. The van der Waals surface area contributed by atoms with Crippen LogP contribution in [0, 0.1) is 11.8 Å². The highest BCUT2D eigenvalue weighted by atomic mass is 32.2. The second-order valence-corrected chi connectivity index (χ2v) is 9.74. The Labute approximate surface area is 203 Å². The van der Waals surface area contributed by atoms with Crippen molar-refractivity contribution in [3.63, 3.8) is 0 Å². The van der Waals surface area contributed by atoms with Crippen LogP contribution in [-0.2, 0) is 10.0 Å². The van der Waals surface area contributed by atoms with E-state index in [2.05, 4.69) is 26.8 Å². The molecule has 0 spiro atoms. The van der Waals surface area contributed by atoms with Crippen LogP contribution in [0.3, 0.4) is 0 Å². The number of nitrogens with zero attached hydrogens (tertiary/aromatic N) is 3. The molecule has 5 rings (SSSR count). The van der Waals surface area contributed by atoms with Crippen LogP contribution < -0.4 is 4.31 Å². The third kappa shape index (κ3) is 4.35. The molecule has 174 valence electrons. The second-order valence-electron chi connectivity index (χ2n) is 7.95. The smallest absolute Gasteiger partial charge is 0.269 e. The fourth-order valence-corrected chi connectivity index (χ4v) is 5.27. The molecule has 0 radical (unpaired) electrons. The van der Waals surface area contributed by atoms with Gasteiger partial charge in [-0.2, -0.15) is 0 Å². The Morgan fingerprint density at radius 2 is 1.86 bits per heavy atom. The van der Waals surface area contributed by atoms with Gasteiger partial charge in [0.2, 0.25) is 0 Å². The monoisotopic (exact) mass is 482 g/mol. The Morgan fingerprint density at radius 3 is 2.66 bits per heavy atom. The molecule has 7 nitrogen and oxygen atoms in total. The average Bonchev–Trinajstić information content (AvgIpc) is 3.36. The van der Waals surface area contributed by atoms with Gasteiger partial charge in [0.15, 0.2) is 5.82 Å². The molecule has 0 saturated carbocycles. The van der Waals surface area contributed by atoms with Crippen molar-refractivity contribution in [2.24, 2.45) is 0 Å². The maximum Gasteiger partial charge on any atom is 0.269 e. The molecule has 0 aliphatic carbocycles. The molecule has 0 bridgehead atoms. The summed E-state index contributed by atoms with van der Waals surface area (Å²) in [6.07, 6.45) is 2.94. The molecule has 35 heavy (non-hydrogen) atoms. The summed E-state index contributed by atoms with van der Waals surface area (Å²) in [4.78, 5) is 12.0. The molecule has 0 aliphatic heterocycles. The normalized spacial score (nSPS) is 12.3. The summed E-state index contributed by atoms with van der Waals surface area (Å²) in [5.74, 6) is 5.97. The molecule has 3 aromatic carbocycles. The number of nitrogens with one attached hydrogen (secondary N) is 1. The quantitative estimate of drug-likeness (QED) is 0.352. The molecular formula is C27H22N4O3S. The lowest BCUT2D eigenvalue weighted by Crippen LogP contribution is -2.27. The van der Waals surface area contributed by atoms with Gasteiger partial charge in [-0.25, -0.2) is 22.7 Å². The van der Waals surface area contributed by atoms with Crippen molar-refractivity contribution in [3.05, 3.63) is 90.9 Å². The zero-order valence-corrected chi connectivity index (χ0v) is 19.7. The van der Waals surface area contributed by atoms with Crippen molar-refractivity contribution in [2.75, 3.05) is 4.31 Å². The van der Waals surface area contributed by atoms with E-state index in [-0.39, 0.29) is 10.7 Å². The number of aliphatic hydroxyl groups excluding tert-OH is 1. The Kier molecular flexibility index (Phi) is 5.95. The SMILES string of the molecule is CCC(O)C#Cc1ccc2ncnc(N(c3ccc4[nH]ccc4c3)S(=O)(=O)c3ccccc3)c2c1. The Morgan fingerprint density at radius 1 is 1.03 bits per heavy atom. The van der Waals surface area contributed by atoms with E-state index in [1.54, 1.807) is 60.8 Å². The number of benzene rings is 3. The number of aliphatic hydroxyl groups is 1. The van der Waals surface area contributed by atoms with E-state index in [1.165, 1.54) is 10.6 Å². The topological polar surface area (TPSA) is 99.2 Å². The van der Waals surface area contributed by atoms with Crippen molar-refractivity contribution in [1.82, 2.24) is 15.0 Å². The van der Waals surface area contributed by atoms with Gasteiger partial charge in [0.05, 0.1) is 16.1 Å². The molecule has 2 N–H and O–H groups in total. The van der Waals surface area contributed by atoms with Gasteiger partial charge in [-0.3, -0.25) is 0 Å². The molecule has 2 aromatic heterocycles.